The Morgan fingerprint density at radius 1 is 1.25 bits per heavy atom. The highest BCUT2D eigenvalue weighted by molar-refractivity contribution is 5.83. The van der Waals surface area contributed by atoms with Crippen molar-refractivity contribution in [2.24, 2.45) is 0 Å². The summed E-state index contributed by atoms with van der Waals surface area (Å²) in [5.74, 6) is 0.133. The molecule has 4 nitrogen and oxygen atoms in total. The smallest absolute Gasteiger partial charge is 0.161 e. The summed E-state index contributed by atoms with van der Waals surface area (Å²) >= 11 is 0. The van der Waals surface area contributed by atoms with Crippen LogP contribution in [0.25, 0.3) is 6.08 Å². The Morgan fingerprint density at radius 3 is 2.75 bits per heavy atom. The largest absolute Gasteiger partial charge is 0.545 e. The lowest BCUT2D eigenvalue weighted by Gasteiger charge is -2.07. The van der Waals surface area contributed by atoms with Crippen LogP contribution < -0.4 is 14.6 Å². The molecule has 0 spiro atoms. The summed E-state index contributed by atoms with van der Waals surface area (Å²) in [7, 11) is 0. The Labute approximate surface area is 93.1 Å². The van der Waals surface area contributed by atoms with Gasteiger partial charge >= 0.3 is 0 Å². The number of hydrogen-bond acceptors (Lipinski definition) is 4. The lowest BCUT2D eigenvalue weighted by atomic mass is 10.2. The molecule has 1 aromatic rings. The predicted octanol–water partition coefficient (Wildman–Crippen LogP) is 0.611. The molecule has 0 saturated carbocycles. The molecule has 2 rings (SSSR count). The topological polar surface area (TPSA) is 58.6 Å². The summed E-state index contributed by atoms with van der Waals surface area (Å²) in [5.41, 5.74) is 0.744. The number of carbonyl (C=O) groups is 1. The van der Waals surface area contributed by atoms with E-state index in [-0.39, 0.29) is 0 Å². The summed E-state index contributed by atoms with van der Waals surface area (Å²) in [6.45, 7) is 1.25. The fraction of sp³-hybridized carbons (Fsp3) is 0.250. The third-order valence-corrected chi connectivity index (χ3v) is 2.18. The van der Waals surface area contributed by atoms with Gasteiger partial charge in [-0.2, -0.15) is 0 Å². The van der Waals surface area contributed by atoms with Crippen LogP contribution in [0.3, 0.4) is 0 Å². The highest BCUT2D eigenvalue weighted by Crippen LogP contribution is 2.30. The van der Waals surface area contributed by atoms with E-state index in [1.54, 1.807) is 18.2 Å². The first-order valence-corrected chi connectivity index (χ1v) is 5.04. The average Bonchev–Trinajstić information content (AvgIpc) is 2.50. The van der Waals surface area contributed by atoms with Gasteiger partial charge in [0.1, 0.15) is 0 Å². The van der Waals surface area contributed by atoms with Gasteiger partial charge < -0.3 is 19.4 Å². The molecule has 1 heterocycles. The first-order valence-electron chi connectivity index (χ1n) is 5.04. The van der Waals surface area contributed by atoms with Gasteiger partial charge in [0, 0.05) is 6.42 Å². The van der Waals surface area contributed by atoms with Crippen LogP contribution >= 0.6 is 0 Å². The Balaban J connectivity index is 2.24. The second kappa shape index (κ2) is 4.70. The zero-order chi connectivity index (χ0) is 11.4. The molecule has 1 aromatic carbocycles. The van der Waals surface area contributed by atoms with Crippen molar-refractivity contribution in [3.63, 3.8) is 0 Å². The van der Waals surface area contributed by atoms with Gasteiger partial charge in [-0.15, -0.1) is 0 Å². The molecule has 0 fully saturated rings. The fourth-order valence-electron chi connectivity index (χ4n) is 1.45. The summed E-state index contributed by atoms with van der Waals surface area (Å²) < 4.78 is 10.9. The minimum atomic E-state index is -1.22. The molecule has 0 aliphatic carbocycles. The molecule has 16 heavy (non-hydrogen) atoms. The first kappa shape index (κ1) is 10.5. The van der Waals surface area contributed by atoms with Gasteiger partial charge in [-0.05, 0) is 23.8 Å². The molecule has 0 N–H and O–H groups in total. The molecule has 0 bridgehead atoms. The van der Waals surface area contributed by atoms with E-state index in [0.717, 1.165) is 18.1 Å². The molecule has 0 radical (unpaired) electrons. The zero-order valence-electron chi connectivity index (χ0n) is 8.64. The number of aliphatic carboxylic acids is 1. The number of carboxylic acid groups (broad SMARTS) is 1. The number of fused-ring (bicyclic) bond motifs is 1. The second-order valence-corrected chi connectivity index (χ2v) is 3.41. The normalized spacial score (nSPS) is 14.8. The maximum absolute atomic E-state index is 10.3. The molecule has 4 heteroatoms. The van der Waals surface area contributed by atoms with E-state index in [2.05, 4.69) is 0 Å². The van der Waals surface area contributed by atoms with Crippen LogP contribution in [0.1, 0.15) is 12.0 Å². The molecule has 0 unspecified atom stereocenters. The molecule has 0 saturated heterocycles. The van der Waals surface area contributed by atoms with Gasteiger partial charge in [-0.3, -0.25) is 0 Å². The lowest BCUT2D eigenvalue weighted by molar-refractivity contribution is -0.297. The molecule has 1 aliphatic heterocycles. The molecule has 84 valence electrons. The van der Waals surface area contributed by atoms with Crippen molar-refractivity contribution < 1.29 is 19.4 Å². The van der Waals surface area contributed by atoms with E-state index in [1.807, 2.05) is 0 Å². The summed E-state index contributed by atoms with van der Waals surface area (Å²) in [6, 6.07) is 5.29. The molecular formula is C12H11O4-. The molecule has 1 aliphatic rings. The predicted molar refractivity (Wildman–Crippen MR) is 56.1 cm³/mol. The average molecular weight is 219 g/mol. The maximum atomic E-state index is 10.3. The minimum absolute atomic E-state index is 0.612. The van der Waals surface area contributed by atoms with Crippen molar-refractivity contribution in [3.8, 4) is 11.5 Å². The Morgan fingerprint density at radius 2 is 2.00 bits per heavy atom. The number of benzene rings is 1. The highest BCUT2D eigenvalue weighted by atomic mass is 16.5. The van der Waals surface area contributed by atoms with Crippen molar-refractivity contribution in [2.75, 3.05) is 13.2 Å². The van der Waals surface area contributed by atoms with E-state index in [9.17, 15) is 9.90 Å². The molecule has 0 amide bonds. The lowest BCUT2D eigenvalue weighted by Crippen LogP contribution is -2.18. The number of carbonyl (C=O) groups excluding carboxylic acids is 1. The van der Waals surface area contributed by atoms with Crippen LogP contribution in [0.15, 0.2) is 24.3 Å². The van der Waals surface area contributed by atoms with E-state index in [4.69, 9.17) is 9.47 Å². The molecular weight excluding hydrogens is 208 g/mol. The van der Waals surface area contributed by atoms with E-state index in [1.165, 1.54) is 6.08 Å². The van der Waals surface area contributed by atoms with Crippen molar-refractivity contribution in [2.45, 2.75) is 6.42 Å². The van der Waals surface area contributed by atoms with Crippen LogP contribution in [0, 0.1) is 0 Å². The van der Waals surface area contributed by atoms with Crippen LogP contribution in [0.2, 0.25) is 0 Å². The van der Waals surface area contributed by atoms with Crippen LogP contribution in [-0.4, -0.2) is 19.2 Å². The van der Waals surface area contributed by atoms with E-state index < -0.39 is 5.97 Å². The third kappa shape index (κ3) is 2.53. The van der Waals surface area contributed by atoms with Crippen LogP contribution in [0.4, 0.5) is 0 Å². The number of ether oxygens (including phenoxy) is 2. The zero-order valence-corrected chi connectivity index (χ0v) is 8.64. The Bertz CT molecular complexity index is 423. The van der Waals surface area contributed by atoms with Gasteiger partial charge in [-0.1, -0.05) is 12.1 Å². The van der Waals surface area contributed by atoms with Gasteiger partial charge in [0.05, 0.1) is 19.2 Å². The summed E-state index contributed by atoms with van der Waals surface area (Å²) in [5, 5.41) is 10.3. The van der Waals surface area contributed by atoms with E-state index in [0.29, 0.717) is 24.7 Å². The third-order valence-electron chi connectivity index (χ3n) is 2.18. The van der Waals surface area contributed by atoms with Gasteiger partial charge in [0.25, 0.3) is 0 Å². The summed E-state index contributed by atoms with van der Waals surface area (Å²) in [6.07, 6.45) is 3.29. The maximum Gasteiger partial charge on any atom is 0.161 e. The Kier molecular flexibility index (Phi) is 3.10. The van der Waals surface area contributed by atoms with Crippen LogP contribution in [-0.2, 0) is 4.79 Å². The highest BCUT2D eigenvalue weighted by Gasteiger charge is 2.09. The summed E-state index contributed by atoms with van der Waals surface area (Å²) in [4.78, 5) is 10.3. The Hall–Kier alpha value is -1.97. The quantitative estimate of drug-likeness (QED) is 0.684. The first-order chi connectivity index (χ1) is 7.75. The van der Waals surface area contributed by atoms with Crippen molar-refractivity contribution >= 4 is 12.0 Å². The van der Waals surface area contributed by atoms with Crippen molar-refractivity contribution in [3.05, 3.63) is 29.8 Å². The van der Waals surface area contributed by atoms with Gasteiger partial charge in [0.2, 0.25) is 0 Å². The molecule has 0 atom stereocenters. The number of carboxylic acids is 1. The van der Waals surface area contributed by atoms with Gasteiger partial charge in [-0.25, -0.2) is 0 Å². The van der Waals surface area contributed by atoms with Gasteiger partial charge in [0.15, 0.2) is 11.5 Å². The minimum Gasteiger partial charge on any atom is -0.545 e. The molecule has 0 aromatic heterocycles. The van der Waals surface area contributed by atoms with Crippen molar-refractivity contribution in [1.29, 1.82) is 0 Å². The van der Waals surface area contributed by atoms with Crippen LogP contribution in [0.5, 0.6) is 11.5 Å². The second-order valence-electron chi connectivity index (χ2n) is 3.41. The van der Waals surface area contributed by atoms with Crippen molar-refractivity contribution in [1.82, 2.24) is 0 Å². The standard InChI is InChI=1S/C12H12O4/c13-12(14)5-3-9-2-4-10-11(8-9)16-7-1-6-15-10/h2-5,8H,1,6-7H2,(H,13,14)/p-1/b5-3+. The number of rotatable bonds is 2. The monoisotopic (exact) mass is 219 g/mol. The fourth-order valence-corrected chi connectivity index (χ4v) is 1.45. The number of hydrogen-bond donors (Lipinski definition) is 0. The SMILES string of the molecule is O=C([O-])/C=C/c1ccc2c(c1)OCCCO2. The van der Waals surface area contributed by atoms with E-state index >= 15 is 0 Å².